The molecule has 120 valence electrons. The third-order valence-corrected chi connectivity index (χ3v) is 4.05. The average Bonchev–Trinajstić information content (AvgIpc) is 3.04. The van der Waals surface area contributed by atoms with Gasteiger partial charge in [-0.3, -0.25) is 0 Å². The van der Waals surface area contributed by atoms with E-state index in [4.69, 9.17) is 5.26 Å². The second-order valence-corrected chi connectivity index (χ2v) is 5.76. The van der Waals surface area contributed by atoms with Gasteiger partial charge in [-0.2, -0.15) is 5.26 Å². The molecule has 3 rings (SSSR count). The van der Waals surface area contributed by atoms with Gasteiger partial charge in [-0.05, 0) is 54.4 Å². The number of rotatable bonds is 4. The first kappa shape index (κ1) is 16.0. The maximum Gasteiger partial charge on any atom is 0.148 e. The Morgan fingerprint density at radius 2 is 1.83 bits per heavy atom. The van der Waals surface area contributed by atoms with E-state index in [2.05, 4.69) is 9.71 Å². The Morgan fingerprint density at radius 3 is 2.58 bits per heavy atom. The van der Waals surface area contributed by atoms with Crippen LogP contribution >= 0.6 is 11.9 Å². The van der Waals surface area contributed by atoms with Crippen molar-refractivity contribution in [2.24, 2.45) is 0 Å². The van der Waals surface area contributed by atoms with Crippen LogP contribution in [0, 0.1) is 28.8 Å². The Bertz CT molecular complexity index is 931. The molecule has 0 fully saturated rings. The van der Waals surface area contributed by atoms with Gasteiger partial charge in [0.25, 0.3) is 0 Å². The highest BCUT2D eigenvalue weighted by molar-refractivity contribution is 8.00. The molecule has 0 saturated heterocycles. The van der Waals surface area contributed by atoms with Gasteiger partial charge in [0.15, 0.2) is 0 Å². The average molecular weight is 345 g/mol. The van der Waals surface area contributed by atoms with Crippen LogP contribution in [0.3, 0.4) is 0 Å². The minimum atomic E-state index is -0.548. The standard InChI is InChI=1S/C17H10F3N3S/c18-11-2-3-14(19)13(6-11)17-7-12(9-22-17)24-23-16-4-1-10(8-21)5-15(16)20/h1-7,9,22-23H. The maximum atomic E-state index is 13.8. The third-order valence-electron chi connectivity index (χ3n) is 3.25. The number of aromatic nitrogens is 1. The summed E-state index contributed by atoms with van der Waals surface area (Å²) in [4.78, 5) is 3.52. The number of halogens is 3. The summed E-state index contributed by atoms with van der Waals surface area (Å²) in [5, 5.41) is 8.71. The van der Waals surface area contributed by atoms with Crippen LogP contribution in [0.4, 0.5) is 18.9 Å². The molecule has 2 N–H and O–H groups in total. The summed E-state index contributed by atoms with van der Waals surface area (Å²) in [5.41, 5.74) is 0.982. The first-order valence-electron chi connectivity index (χ1n) is 6.83. The lowest BCUT2D eigenvalue weighted by atomic mass is 10.1. The molecular formula is C17H10F3N3S. The van der Waals surface area contributed by atoms with Crippen molar-refractivity contribution in [3.05, 3.63) is 71.7 Å². The molecular weight excluding hydrogens is 335 g/mol. The first-order chi connectivity index (χ1) is 11.6. The molecule has 0 aliphatic carbocycles. The second-order valence-electron chi connectivity index (χ2n) is 4.88. The van der Waals surface area contributed by atoms with Gasteiger partial charge >= 0.3 is 0 Å². The normalized spacial score (nSPS) is 10.4. The number of benzene rings is 2. The minimum Gasteiger partial charge on any atom is -0.360 e. The van der Waals surface area contributed by atoms with E-state index in [9.17, 15) is 13.2 Å². The number of anilines is 1. The van der Waals surface area contributed by atoms with Crippen LogP contribution < -0.4 is 4.72 Å². The fourth-order valence-electron chi connectivity index (χ4n) is 2.07. The first-order valence-corrected chi connectivity index (χ1v) is 7.65. The molecule has 0 unspecified atom stereocenters. The summed E-state index contributed by atoms with van der Waals surface area (Å²) in [6, 6.07) is 10.8. The number of aromatic amines is 1. The van der Waals surface area contributed by atoms with Crippen molar-refractivity contribution in [3.8, 4) is 17.3 Å². The van der Waals surface area contributed by atoms with E-state index in [1.807, 2.05) is 6.07 Å². The third kappa shape index (κ3) is 3.39. The summed E-state index contributed by atoms with van der Waals surface area (Å²) in [7, 11) is 0. The molecule has 1 heterocycles. The number of nitrogens with zero attached hydrogens (tertiary/aromatic N) is 1. The summed E-state index contributed by atoms with van der Waals surface area (Å²) >= 11 is 1.11. The molecule has 3 nitrogen and oxygen atoms in total. The zero-order valence-corrected chi connectivity index (χ0v) is 12.9. The van der Waals surface area contributed by atoms with Crippen molar-refractivity contribution in [3.63, 3.8) is 0 Å². The van der Waals surface area contributed by atoms with E-state index in [-0.39, 0.29) is 16.8 Å². The van der Waals surface area contributed by atoms with Crippen molar-refractivity contribution in [1.29, 1.82) is 5.26 Å². The van der Waals surface area contributed by atoms with E-state index in [1.165, 1.54) is 12.1 Å². The van der Waals surface area contributed by atoms with Crippen LogP contribution in [0.2, 0.25) is 0 Å². The van der Waals surface area contributed by atoms with Gasteiger partial charge in [0.1, 0.15) is 17.5 Å². The predicted molar refractivity (Wildman–Crippen MR) is 86.7 cm³/mol. The number of hydrogen-bond donors (Lipinski definition) is 2. The molecule has 1 aromatic heterocycles. The molecule has 0 radical (unpaired) electrons. The predicted octanol–water partition coefficient (Wildman–Crippen LogP) is 5.09. The molecule has 0 bridgehead atoms. The molecule has 0 saturated carbocycles. The SMILES string of the molecule is N#Cc1ccc(NSc2c[nH]c(-c3cc(F)ccc3F)c2)c(F)c1. The van der Waals surface area contributed by atoms with Crippen molar-refractivity contribution >= 4 is 17.6 Å². The van der Waals surface area contributed by atoms with E-state index >= 15 is 0 Å². The van der Waals surface area contributed by atoms with Gasteiger partial charge in [0, 0.05) is 22.3 Å². The molecule has 0 aliphatic heterocycles. The van der Waals surface area contributed by atoms with Crippen LogP contribution in [-0.2, 0) is 0 Å². The molecule has 3 aromatic rings. The summed E-state index contributed by atoms with van der Waals surface area (Å²) in [6.07, 6.45) is 1.60. The Morgan fingerprint density at radius 1 is 1.00 bits per heavy atom. The van der Waals surface area contributed by atoms with Gasteiger partial charge in [-0.1, -0.05) is 0 Å². The molecule has 24 heavy (non-hydrogen) atoms. The lowest BCUT2D eigenvalue weighted by molar-refractivity contribution is 0.603. The Labute approximate surface area is 140 Å². The van der Waals surface area contributed by atoms with Gasteiger partial charge in [-0.15, -0.1) is 0 Å². The Hall–Kier alpha value is -2.85. The molecule has 0 spiro atoms. The van der Waals surface area contributed by atoms with Crippen LogP contribution in [0.1, 0.15) is 5.56 Å². The van der Waals surface area contributed by atoms with E-state index in [1.54, 1.807) is 12.3 Å². The van der Waals surface area contributed by atoms with E-state index in [0.717, 1.165) is 36.2 Å². The number of H-pyrrole nitrogens is 1. The topological polar surface area (TPSA) is 51.6 Å². The summed E-state index contributed by atoms with van der Waals surface area (Å²) < 4.78 is 43.6. The van der Waals surface area contributed by atoms with Gasteiger partial charge < -0.3 is 9.71 Å². The fraction of sp³-hybridized carbons (Fsp3) is 0. The van der Waals surface area contributed by atoms with Crippen molar-refractivity contribution in [1.82, 2.24) is 4.98 Å². The van der Waals surface area contributed by atoms with E-state index in [0.29, 0.717) is 10.6 Å². The number of nitriles is 1. The Balaban J connectivity index is 1.75. The maximum absolute atomic E-state index is 13.8. The highest BCUT2D eigenvalue weighted by atomic mass is 32.2. The van der Waals surface area contributed by atoms with Crippen LogP contribution in [-0.4, -0.2) is 4.98 Å². The molecule has 0 atom stereocenters. The lowest BCUT2D eigenvalue weighted by Crippen LogP contribution is -1.91. The zero-order chi connectivity index (χ0) is 17.1. The lowest BCUT2D eigenvalue weighted by Gasteiger charge is -2.05. The quantitative estimate of drug-likeness (QED) is 0.648. The molecule has 2 aromatic carbocycles. The van der Waals surface area contributed by atoms with Crippen molar-refractivity contribution in [2.45, 2.75) is 4.90 Å². The second kappa shape index (κ2) is 6.72. The van der Waals surface area contributed by atoms with Crippen molar-refractivity contribution < 1.29 is 13.2 Å². The Kier molecular flexibility index (Phi) is 4.49. The van der Waals surface area contributed by atoms with Crippen LogP contribution in [0.25, 0.3) is 11.3 Å². The number of hydrogen-bond acceptors (Lipinski definition) is 3. The summed E-state index contributed by atoms with van der Waals surface area (Å²) in [6.45, 7) is 0. The van der Waals surface area contributed by atoms with Gasteiger partial charge in [0.05, 0.1) is 17.3 Å². The largest absolute Gasteiger partial charge is 0.360 e. The van der Waals surface area contributed by atoms with E-state index < -0.39 is 17.5 Å². The monoisotopic (exact) mass is 345 g/mol. The van der Waals surface area contributed by atoms with Gasteiger partial charge in [-0.25, -0.2) is 13.2 Å². The molecule has 7 heteroatoms. The minimum absolute atomic E-state index is 0.117. The molecule has 0 amide bonds. The van der Waals surface area contributed by atoms with Gasteiger partial charge in [0.2, 0.25) is 0 Å². The molecule has 0 aliphatic rings. The summed E-state index contributed by atoms with van der Waals surface area (Å²) in [5.74, 6) is -1.62. The fourth-order valence-corrected chi connectivity index (χ4v) is 2.76. The highest BCUT2D eigenvalue weighted by Gasteiger charge is 2.10. The highest BCUT2D eigenvalue weighted by Crippen LogP contribution is 2.29. The van der Waals surface area contributed by atoms with Crippen LogP contribution in [0.5, 0.6) is 0 Å². The number of nitrogens with one attached hydrogen (secondary N) is 2. The van der Waals surface area contributed by atoms with Crippen molar-refractivity contribution in [2.75, 3.05) is 4.72 Å². The van der Waals surface area contributed by atoms with Crippen LogP contribution in [0.15, 0.2) is 53.6 Å². The zero-order valence-electron chi connectivity index (χ0n) is 12.1. The smallest absolute Gasteiger partial charge is 0.148 e.